The Hall–Kier alpha value is -3.71. The maximum atomic E-state index is 14.0. The van der Waals surface area contributed by atoms with Gasteiger partial charge in [-0.1, -0.05) is 26.0 Å². The van der Waals surface area contributed by atoms with Gasteiger partial charge in [0.05, 0.1) is 17.0 Å². The summed E-state index contributed by atoms with van der Waals surface area (Å²) < 4.78 is 51.3. The summed E-state index contributed by atoms with van der Waals surface area (Å²) in [7, 11) is -3.89. The van der Waals surface area contributed by atoms with Crippen molar-refractivity contribution in [2.45, 2.75) is 63.6 Å². The van der Waals surface area contributed by atoms with Gasteiger partial charge in [-0.25, -0.2) is 22.3 Å². The topological polar surface area (TPSA) is 142 Å². The number of aliphatic hydroxyl groups is 1. The summed E-state index contributed by atoms with van der Waals surface area (Å²) in [5.74, 6) is -2.34. The van der Waals surface area contributed by atoms with E-state index in [1.807, 2.05) is 13.8 Å². The summed E-state index contributed by atoms with van der Waals surface area (Å²) in [6.45, 7) is 7.02. The minimum Gasteiger partial charge on any atom is -0.390 e. The highest BCUT2D eigenvalue weighted by atomic mass is 32.2. The number of rotatable bonds is 15. The van der Waals surface area contributed by atoms with Crippen LogP contribution in [0.25, 0.3) is 0 Å². The summed E-state index contributed by atoms with van der Waals surface area (Å²) in [5, 5.41) is 22.1. The van der Waals surface area contributed by atoms with Crippen LogP contribution in [0, 0.1) is 18.6 Å². The Morgan fingerprint density at radius 1 is 0.932 bits per heavy atom. The number of primary sulfonamides is 1. The molecule has 9 nitrogen and oxygen atoms in total. The number of carbonyl (C=O) groups is 2. The van der Waals surface area contributed by atoms with Gasteiger partial charge in [0, 0.05) is 43.4 Å². The highest BCUT2D eigenvalue weighted by Crippen LogP contribution is 2.16. The molecule has 3 rings (SSSR count). The lowest BCUT2D eigenvalue weighted by atomic mass is 9.99. The molecule has 3 aromatic carbocycles. The number of nitrogens with zero attached hydrogens (tertiary/aromatic N) is 1. The van der Waals surface area contributed by atoms with E-state index in [4.69, 9.17) is 5.14 Å². The number of hydrogen-bond acceptors (Lipinski definition) is 6. The zero-order valence-corrected chi connectivity index (χ0v) is 26.0. The summed E-state index contributed by atoms with van der Waals surface area (Å²) in [6, 6.07) is 12.8. The van der Waals surface area contributed by atoms with Crippen LogP contribution in [0.5, 0.6) is 0 Å². The van der Waals surface area contributed by atoms with E-state index in [9.17, 15) is 31.9 Å². The molecule has 0 aliphatic heterocycles. The Kier molecular flexibility index (Phi) is 12.5. The fourth-order valence-corrected chi connectivity index (χ4v) is 5.52. The highest BCUT2D eigenvalue weighted by molar-refractivity contribution is 7.89. The molecule has 0 saturated heterocycles. The molecule has 0 aliphatic rings. The third kappa shape index (κ3) is 10.2. The molecule has 44 heavy (non-hydrogen) atoms. The van der Waals surface area contributed by atoms with Crippen molar-refractivity contribution in [2.75, 3.05) is 19.6 Å². The molecular weight excluding hydrogens is 590 g/mol. The van der Waals surface area contributed by atoms with Crippen LogP contribution in [-0.2, 0) is 23.0 Å². The Morgan fingerprint density at radius 2 is 1.57 bits per heavy atom. The Balaban J connectivity index is 1.81. The van der Waals surface area contributed by atoms with Gasteiger partial charge in [-0.15, -0.1) is 0 Å². The van der Waals surface area contributed by atoms with Gasteiger partial charge in [-0.2, -0.15) is 0 Å². The average Bonchev–Trinajstić information content (AvgIpc) is 2.95. The fraction of sp³-hybridized carbons (Fsp3) is 0.375. The van der Waals surface area contributed by atoms with Crippen molar-refractivity contribution in [3.05, 3.63) is 100 Å². The summed E-state index contributed by atoms with van der Waals surface area (Å²) >= 11 is 0. The van der Waals surface area contributed by atoms with Crippen LogP contribution in [0.1, 0.15) is 64.1 Å². The van der Waals surface area contributed by atoms with Crippen molar-refractivity contribution in [2.24, 2.45) is 5.14 Å². The lowest BCUT2D eigenvalue weighted by Gasteiger charge is -2.25. The van der Waals surface area contributed by atoms with Crippen LogP contribution in [0.15, 0.2) is 65.6 Å². The smallest absolute Gasteiger partial charge is 0.253 e. The van der Waals surface area contributed by atoms with Crippen LogP contribution in [0.3, 0.4) is 0 Å². The van der Waals surface area contributed by atoms with Gasteiger partial charge in [0.15, 0.2) is 0 Å². The maximum absolute atomic E-state index is 14.0. The van der Waals surface area contributed by atoms with Crippen molar-refractivity contribution >= 4 is 21.8 Å². The van der Waals surface area contributed by atoms with E-state index in [0.717, 1.165) is 31.0 Å². The summed E-state index contributed by atoms with van der Waals surface area (Å²) in [6.07, 6.45) is 0.262. The molecule has 3 aromatic rings. The molecule has 5 N–H and O–H groups in total. The average molecular weight is 631 g/mol. The molecule has 0 aliphatic carbocycles. The number of carbonyl (C=O) groups excluding carboxylic acids is 2. The number of nitrogens with two attached hydrogens (primary N) is 1. The minimum absolute atomic E-state index is 0.0527. The molecule has 238 valence electrons. The number of nitrogens with one attached hydrogen (secondary N) is 2. The Morgan fingerprint density at radius 3 is 2.18 bits per heavy atom. The number of halogens is 2. The predicted molar refractivity (Wildman–Crippen MR) is 165 cm³/mol. The first-order chi connectivity index (χ1) is 20.8. The lowest BCUT2D eigenvalue weighted by Crippen LogP contribution is -2.48. The van der Waals surface area contributed by atoms with Crippen LogP contribution in [0.4, 0.5) is 8.78 Å². The maximum Gasteiger partial charge on any atom is 0.253 e. The van der Waals surface area contributed by atoms with Crippen molar-refractivity contribution in [3.8, 4) is 0 Å². The lowest BCUT2D eigenvalue weighted by molar-refractivity contribution is 0.0755. The van der Waals surface area contributed by atoms with Crippen molar-refractivity contribution in [1.82, 2.24) is 15.5 Å². The highest BCUT2D eigenvalue weighted by Gasteiger charge is 2.24. The van der Waals surface area contributed by atoms with Gasteiger partial charge in [0.25, 0.3) is 11.8 Å². The molecule has 2 amide bonds. The zero-order valence-electron chi connectivity index (χ0n) is 25.1. The molecule has 0 heterocycles. The number of amides is 2. The first kappa shape index (κ1) is 34.8. The van der Waals surface area contributed by atoms with Gasteiger partial charge >= 0.3 is 0 Å². The van der Waals surface area contributed by atoms with Gasteiger partial charge in [-0.05, 0) is 85.3 Å². The van der Waals surface area contributed by atoms with Gasteiger partial charge in [0.1, 0.15) is 11.6 Å². The van der Waals surface area contributed by atoms with Crippen LogP contribution >= 0.6 is 0 Å². The normalized spacial score (nSPS) is 12.9. The van der Waals surface area contributed by atoms with E-state index in [2.05, 4.69) is 10.6 Å². The molecule has 0 unspecified atom stereocenters. The molecule has 0 fully saturated rings. The molecule has 0 radical (unpaired) electrons. The van der Waals surface area contributed by atoms with Gasteiger partial charge in [-0.3, -0.25) is 9.59 Å². The quantitative estimate of drug-likeness (QED) is 0.202. The second-order valence-corrected chi connectivity index (χ2v) is 12.4. The predicted octanol–water partition coefficient (Wildman–Crippen LogP) is 3.67. The SMILES string of the molecule is CCCN(CCC)C(=O)c1cc(C)cc(C(=O)N[C@@H](Cc2cc(F)cc(F)c2)[C@H](O)CNCc2cccc(S(N)(=O)=O)c2)c1. The Bertz CT molecular complexity index is 1540. The van der Waals surface area contributed by atoms with E-state index >= 15 is 0 Å². The number of sulfonamides is 1. The number of hydrogen-bond donors (Lipinski definition) is 4. The number of aryl methyl sites for hydroxylation is 1. The largest absolute Gasteiger partial charge is 0.390 e. The molecule has 0 saturated carbocycles. The first-order valence-electron chi connectivity index (χ1n) is 14.5. The summed E-state index contributed by atoms with van der Waals surface area (Å²) in [5.41, 5.74) is 2.08. The number of aliphatic hydroxyl groups excluding tert-OH is 1. The second kappa shape index (κ2) is 15.8. The second-order valence-electron chi connectivity index (χ2n) is 10.8. The van der Waals surface area contributed by atoms with Crippen molar-refractivity contribution in [3.63, 3.8) is 0 Å². The Labute approximate surface area is 257 Å². The minimum atomic E-state index is -3.89. The molecular formula is C32H40F2N4O5S. The van der Waals surface area contributed by atoms with Crippen LogP contribution in [-0.4, -0.2) is 62.0 Å². The van der Waals surface area contributed by atoms with Gasteiger partial charge in [0.2, 0.25) is 10.0 Å². The van der Waals surface area contributed by atoms with Crippen LogP contribution in [0.2, 0.25) is 0 Å². The van der Waals surface area contributed by atoms with Crippen molar-refractivity contribution in [1.29, 1.82) is 0 Å². The fourth-order valence-electron chi connectivity index (χ4n) is 4.93. The third-order valence-corrected chi connectivity index (χ3v) is 7.84. The van der Waals surface area contributed by atoms with Crippen molar-refractivity contribution < 1.29 is 31.9 Å². The molecule has 12 heteroatoms. The van der Waals surface area contributed by atoms with E-state index in [1.54, 1.807) is 36.1 Å². The summed E-state index contributed by atoms with van der Waals surface area (Å²) in [4.78, 5) is 28.4. The molecule has 0 aromatic heterocycles. The molecule has 0 bridgehead atoms. The van der Waals surface area contributed by atoms with Gasteiger partial charge < -0.3 is 20.6 Å². The standard InChI is InChI=1S/C32H40F2N4O5S/c1-4-9-38(10-5-2)32(41)25-12-21(3)11-24(17-25)31(40)37-29(16-23-13-26(33)18-27(34)14-23)30(39)20-36-19-22-7-6-8-28(15-22)44(35,42)43/h6-8,11-15,17-18,29-30,36,39H,4-5,9-10,16,19-20H2,1-3H3,(H,37,40)(H2,35,42,43)/t29-,30+/m0/s1. The third-order valence-electron chi connectivity index (χ3n) is 6.93. The zero-order chi connectivity index (χ0) is 32.4. The van der Waals surface area contributed by atoms with E-state index in [0.29, 0.717) is 29.8 Å². The number of benzene rings is 3. The van der Waals surface area contributed by atoms with Crippen LogP contribution < -0.4 is 15.8 Å². The van der Waals surface area contributed by atoms with E-state index in [1.165, 1.54) is 18.2 Å². The van der Waals surface area contributed by atoms with E-state index < -0.39 is 39.7 Å². The first-order valence-corrected chi connectivity index (χ1v) is 16.0. The molecule has 2 atom stereocenters. The van der Waals surface area contributed by atoms with E-state index in [-0.39, 0.29) is 41.4 Å². The monoisotopic (exact) mass is 630 g/mol. The molecule has 0 spiro atoms.